The first-order valence-corrected chi connectivity index (χ1v) is 12.2. The lowest BCUT2D eigenvalue weighted by molar-refractivity contribution is -0.127. The van der Waals surface area contributed by atoms with E-state index in [-0.39, 0.29) is 17.9 Å². The van der Waals surface area contributed by atoms with Gasteiger partial charge in [-0.25, -0.2) is 0 Å². The van der Waals surface area contributed by atoms with E-state index in [2.05, 4.69) is 5.32 Å². The second-order valence-electron chi connectivity index (χ2n) is 9.73. The van der Waals surface area contributed by atoms with Crippen molar-refractivity contribution < 1.29 is 19.1 Å². The van der Waals surface area contributed by atoms with Gasteiger partial charge in [-0.3, -0.25) is 14.5 Å². The van der Waals surface area contributed by atoms with Gasteiger partial charge in [-0.15, -0.1) is 0 Å². The average Bonchev–Trinajstić information content (AvgIpc) is 3.23. The van der Waals surface area contributed by atoms with Crippen molar-refractivity contribution in [3.05, 3.63) is 54.2 Å². The number of hydrogen-bond acceptors (Lipinski definition) is 4. The number of aromatic nitrogens is 1. The van der Waals surface area contributed by atoms with Crippen LogP contribution in [0.5, 0.6) is 11.5 Å². The minimum Gasteiger partial charge on any atom is -0.486 e. The molecule has 0 radical (unpaired) electrons. The van der Waals surface area contributed by atoms with Gasteiger partial charge in [-0.2, -0.15) is 0 Å². The summed E-state index contributed by atoms with van der Waals surface area (Å²) in [6.07, 6.45) is 5.43. The molecular formula is C27H29N3O4. The molecule has 0 unspecified atom stereocenters. The van der Waals surface area contributed by atoms with Crippen LogP contribution in [0.15, 0.2) is 48.5 Å². The number of rotatable bonds is 3. The van der Waals surface area contributed by atoms with E-state index in [1.807, 2.05) is 60.0 Å². The summed E-state index contributed by atoms with van der Waals surface area (Å²) in [5.41, 5.74) is 1.07. The molecule has 3 aromatic rings. The van der Waals surface area contributed by atoms with Crippen LogP contribution >= 0.6 is 0 Å². The van der Waals surface area contributed by atoms with Gasteiger partial charge in [0.15, 0.2) is 11.5 Å². The summed E-state index contributed by atoms with van der Waals surface area (Å²) in [4.78, 5) is 29.6. The second-order valence-corrected chi connectivity index (χ2v) is 9.73. The Kier molecular flexibility index (Phi) is 5.01. The maximum Gasteiger partial charge on any atom is 0.275 e. The van der Waals surface area contributed by atoms with Gasteiger partial charge in [0.25, 0.3) is 5.91 Å². The Hall–Kier alpha value is -3.48. The number of carbonyl (C=O) groups excluding carboxylic acids is 2. The molecule has 1 fully saturated rings. The molecule has 0 saturated heterocycles. The summed E-state index contributed by atoms with van der Waals surface area (Å²) in [5.74, 6) is 0.936. The lowest BCUT2D eigenvalue weighted by atomic mass is 9.91. The van der Waals surface area contributed by atoms with E-state index in [1.54, 1.807) is 4.90 Å². The molecule has 2 aliphatic heterocycles. The molecular weight excluding hydrogens is 430 g/mol. The average molecular weight is 460 g/mol. The van der Waals surface area contributed by atoms with E-state index in [4.69, 9.17) is 9.47 Å². The predicted molar refractivity (Wildman–Crippen MR) is 130 cm³/mol. The first kappa shape index (κ1) is 21.1. The van der Waals surface area contributed by atoms with E-state index in [9.17, 15) is 9.59 Å². The zero-order valence-electron chi connectivity index (χ0n) is 19.4. The molecule has 1 saturated carbocycles. The first-order valence-electron chi connectivity index (χ1n) is 12.2. The van der Waals surface area contributed by atoms with Crippen molar-refractivity contribution in [2.75, 3.05) is 18.1 Å². The van der Waals surface area contributed by atoms with Crippen LogP contribution in [0, 0.1) is 0 Å². The summed E-state index contributed by atoms with van der Waals surface area (Å²) in [7, 11) is 0. The summed E-state index contributed by atoms with van der Waals surface area (Å²) in [6.45, 7) is 3.20. The van der Waals surface area contributed by atoms with Crippen LogP contribution in [-0.4, -0.2) is 41.2 Å². The van der Waals surface area contributed by atoms with Crippen molar-refractivity contribution in [2.45, 2.75) is 57.2 Å². The van der Waals surface area contributed by atoms with Crippen LogP contribution in [0.3, 0.4) is 0 Å². The Balaban J connectivity index is 1.46. The zero-order chi connectivity index (χ0) is 23.3. The number of carbonyl (C=O) groups is 2. The molecule has 1 atom stereocenters. The molecule has 1 N–H and O–H groups in total. The monoisotopic (exact) mass is 459 g/mol. The SMILES string of the molecule is C[C@]1(C(=O)NC2CCCCC2)Cn2c(cc3ccccc32)C(=O)N1c1ccc2c(c1)OCCO2. The number of ether oxygens (including phenoxy) is 2. The highest BCUT2D eigenvalue weighted by Gasteiger charge is 2.49. The molecule has 0 bridgehead atoms. The number of para-hydroxylation sites is 1. The molecule has 1 aromatic heterocycles. The fourth-order valence-corrected chi connectivity index (χ4v) is 5.61. The normalized spacial score (nSPS) is 22.5. The highest BCUT2D eigenvalue weighted by atomic mass is 16.6. The molecule has 6 rings (SSSR count). The number of nitrogens with one attached hydrogen (secondary N) is 1. The van der Waals surface area contributed by atoms with Gasteiger partial charge in [-0.05, 0) is 44.0 Å². The van der Waals surface area contributed by atoms with Crippen LogP contribution in [0.2, 0.25) is 0 Å². The second kappa shape index (κ2) is 8.08. The highest BCUT2D eigenvalue weighted by molar-refractivity contribution is 6.14. The van der Waals surface area contributed by atoms with Gasteiger partial charge in [0.1, 0.15) is 24.4 Å². The summed E-state index contributed by atoms with van der Waals surface area (Å²) in [6, 6.07) is 15.5. The summed E-state index contributed by atoms with van der Waals surface area (Å²) in [5, 5.41) is 4.27. The minimum atomic E-state index is -1.10. The fourth-order valence-electron chi connectivity index (χ4n) is 5.61. The van der Waals surface area contributed by atoms with E-state index >= 15 is 0 Å². The number of benzene rings is 2. The maximum absolute atomic E-state index is 14.0. The minimum absolute atomic E-state index is 0.119. The third-order valence-electron chi connectivity index (χ3n) is 7.41. The Morgan fingerprint density at radius 3 is 2.59 bits per heavy atom. The quantitative estimate of drug-likeness (QED) is 0.635. The molecule has 2 aromatic carbocycles. The van der Waals surface area contributed by atoms with E-state index in [1.165, 1.54) is 6.42 Å². The van der Waals surface area contributed by atoms with Crippen molar-refractivity contribution in [3.8, 4) is 11.5 Å². The van der Waals surface area contributed by atoms with Crippen LogP contribution in [0.25, 0.3) is 10.9 Å². The Morgan fingerprint density at radius 1 is 1.00 bits per heavy atom. The lowest BCUT2D eigenvalue weighted by Crippen LogP contribution is -2.65. The topological polar surface area (TPSA) is 72.8 Å². The Labute approximate surface area is 198 Å². The number of fused-ring (bicyclic) bond motifs is 4. The van der Waals surface area contributed by atoms with E-state index < -0.39 is 5.54 Å². The number of nitrogens with zero attached hydrogens (tertiary/aromatic N) is 2. The predicted octanol–water partition coefficient (Wildman–Crippen LogP) is 4.28. The van der Waals surface area contributed by atoms with Crippen molar-refractivity contribution in [3.63, 3.8) is 0 Å². The van der Waals surface area contributed by atoms with Crippen molar-refractivity contribution >= 4 is 28.4 Å². The Morgan fingerprint density at radius 2 is 1.76 bits per heavy atom. The molecule has 7 heteroatoms. The summed E-state index contributed by atoms with van der Waals surface area (Å²) < 4.78 is 13.5. The molecule has 7 nitrogen and oxygen atoms in total. The first-order chi connectivity index (χ1) is 16.5. The smallest absolute Gasteiger partial charge is 0.275 e. The van der Waals surface area contributed by atoms with Gasteiger partial charge in [0, 0.05) is 28.7 Å². The van der Waals surface area contributed by atoms with Crippen LogP contribution in [0.1, 0.15) is 49.5 Å². The number of anilines is 1. The third-order valence-corrected chi connectivity index (χ3v) is 7.41. The lowest BCUT2D eigenvalue weighted by Gasteiger charge is -2.45. The van der Waals surface area contributed by atoms with Crippen molar-refractivity contribution in [1.82, 2.24) is 9.88 Å². The summed E-state index contributed by atoms with van der Waals surface area (Å²) >= 11 is 0. The van der Waals surface area contributed by atoms with Crippen LogP contribution in [0.4, 0.5) is 5.69 Å². The molecule has 1 aliphatic carbocycles. The molecule has 34 heavy (non-hydrogen) atoms. The van der Waals surface area contributed by atoms with E-state index in [0.717, 1.165) is 36.6 Å². The van der Waals surface area contributed by atoms with Crippen molar-refractivity contribution in [2.24, 2.45) is 0 Å². The van der Waals surface area contributed by atoms with Gasteiger partial charge in [0.2, 0.25) is 5.91 Å². The maximum atomic E-state index is 14.0. The van der Waals surface area contributed by atoms with E-state index in [0.29, 0.717) is 42.6 Å². The van der Waals surface area contributed by atoms with Gasteiger partial charge < -0.3 is 19.4 Å². The van der Waals surface area contributed by atoms with Gasteiger partial charge >= 0.3 is 0 Å². The zero-order valence-corrected chi connectivity index (χ0v) is 19.4. The standard InChI is InChI=1S/C27H29N3O4/c1-27(26(32)28-19-8-3-2-4-9-19)17-29-21-10-6-5-7-18(21)15-22(29)25(31)30(27)20-11-12-23-24(16-20)34-14-13-33-23/h5-7,10-12,15-16,19H,2-4,8-9,13-14,17H2,1H3,(H,28,32)/t27-/m1/s1. The molecule has 3 aliphatic rings. The van der Waals surface area contributed by atoms with Gasteiger partial charge in [0.05, 0.1) is 6.54 Å². The third kappa shape index (κ3) is 3.33. The number of amides is 2. The molecule has 0 spiro atoms. The largest absolute Gasteiger partial charge is 0.486 e. The molecule has 176 valence electrons. The highest BCUT2D eigenvalue weighted by Crippen LogP contribution is 2.40. The van der Waals surface area contributed by atoms with Crippen molar-refractivity contribution in [1.29, 1.82) is 0 Å². The van der Waals surface area contributed by atoms with Crippen LogP contribution < -0.4 is 19.7 Å². The fraction of sp³-hybridized carbons (Fsp3) is 0.407. The van der Waals surface area contributed by atoms with Gasteiger partial charge in [-0.1, -0.05) is 37.5 Å². The number of hydrogen-bond donors (Lipinski definition) is 1. The molecule has 2 amide bonds. The molecule has 3 heterocycles. The Bertz CT molecular complexity index is 1280. The van der Waals surface area contributed by atoms with Crippen LogP contribution in [-0.2, 0) is 11.3 Å².